The molecular weight excluding hydrogens is 204 g/mol. The molecule has 16 heavy (non-hydrogen) atoms. The van der Waals surface area contributed by atoms with Gasteiger partial charge >= 0.3 is 6.03 Å². The Hall–Kier alpha value is -1.84. The van der Waals surface area contributed by atoms with Gasteiger partial charge in [0.25, 0.3) is 0 Å². The summed E-state index contributed by atoms with van der Waals surface area (Å²) >= 11 is 0. The highest BCUT2D eigenvalue weighted by molar-refractivity contribution is 5.93. The molecule has 1 rings (SSSR count). The third-order valence-electron chi connectivity index (χ3n) is 2.05. The van der Waals surface area contributed by atoms with Crippen molar-refractivity contribution >= 4 is 11.9 Å². The average Bonchev–Trinajstić information content (AvgIpc) is 2.17. The fraction of sp³-hybridized carbons (Fsp3) is 0.333. The van der Waals surface area contributed by atoms with Crippen LogP contribution in [-0.2, 0) is 11.2 Å². The van der Waals surface area contributed by atoms with Crippen molar-refractivity contribution in [2.24, 2.45) is 0 Å². The maximum atomic E-state index is 11.2. The van der Waals surface area contributed by atoms with Crippen molar-refractivity contribution < 1.29 is 9.59 Å². The molecule has 4 nitrogen and oxygen atoms in total. The molecule has 86 valence electrons. The minimum absolute atomic E-state index is 0.0123. The van der Waals surface area contributed by atoms with Gasteiger partial charge in [-0.2, -0.15) is 0 Å². The first-order valence-corrected chi connectivity index (χ1v) is 5.20. The standard InChI is InChI=1S/C12H16N2O2/c1-9(13-12(16)14-10(2)15)8-11-6-4-3-5-7-11/h3-7,9H,8H2,1-2H3,(H2,13,14,15,16)/t9-/m0/s1. The normalized spacial score (nSPS) is 11.6. The maximum absolute atomic E-state index is 11.2. The summed E-state index contributed by atoms with van der Waals surface area (Å²) in [6.45, 7) is 3.20. The number of hydrogen-bond donors (Lipinski definition) is 2. The second-order valence-electron chi connectivity index (χ2n) is 3.75. The van der Waals surface area contributed by atoms with Gasteiger partial charge < -0.3 is 5.32 Å². The van der Waals surface area contributed by atoms with Crippen LogP contribution in [0.2, 0.25) is 0 Å². The highest BCUT2D eigenvalue weighted by atomic mass is 16.2. The minimum atomic E-state index is -0.448. The molecule has 0 bridgehead atoms. The van der Waals surface area contributed by atoms with Crippen molar-refractivity contribution in [3.63, 3.8) is 0 Å². The number of imide groups is 1. The highest BCUT2D eigenvalue weighted by Crippen LogP contribution is 2.02. The van der Waals surface area contributed by atoms with Gasteiger partial charge in [0, 0.05) is 13.0 Å². The molecule has 0 saturated heterocycles. The van der Waals surface area contributed by atoms with Gasteiger partial charge in [0.05, 0.1) is 0 Å². The molecule has 0 spiro atoms. The fourth-order valence-corrected chi connectivity index (χ4v) is 1.44. The summed E-state index contributed by atoms with van der Waals surface area (Å²) in [5, 5.41) is 4.86. The third-order valence-corrected chi connectivity index (χ3v) is 2.05. The van der Waals surface area contributed by atoms with Gasteiger partial charge in [0.2, 0.25) is 5.91 Å². The summed E-state index contributed by atoms with van der Waals surface area (Å²) in [5.74, 6) is -0.357. The molecule has 4 heteroatoms. The van der Waals surface area contributed by atoms with Gasteiger partial charge in [0.15, 0.2) is 0 Å². The van der Waals surface area contributed by atoms with Gasteiger partial charge in [-0.1, -0.05) is 30.3 Å². The predicted molar refractivity (Wildman–Crippen MR) is 62.0 cm³/mol. The zero-order valence-corrected chi connectivity index (χ0v) is 9.49. The average molecular weight is 220 g/mol. The Bertz CT molecular complexity index is 363. The summed E-state index contributed by atoms with van der Waals surface area (Å²) in [5.41, 5.74) is 1.15. The monoisotopic (exact) mass is 220 g/mol. The molecule has 0 unspecified atom stereocenters. The van der Waals surface area contributed by atoms with Gasteiger partial charge in [-0.05, 0) is 18.9 Å². The highest BCUT2D eigenvalue weighted by Gasteiger charge is 2.08. The van der Waals surface area contributed by atoms with E-state index in [1.165, 1.54) is 6.92 Å². The van der Waals surface area contributed by atoms with E-state index in [1.807, 2.05) is 37.3 Å². The van der Waals surface area contributed by atoms with E-state index in [9.17, 15) is 9.59 Å². The summed E-state index contributed by atoms with van der Waals surface area (Å²) in [4.78, 5) is 21.8. The molecule has 0 radical (unpaired) electrons. The van der Waals surface area contributed by atoms with Crippen molar-refractivity contribution in [3.05, 3.63) is 35.9 Å². The number of rotatable bonds is 3. The molecule has 0 aliphatic heterocycles. The molecule has 0 saturated carbocycles. The third kappa shape index (κ3) is 4.59. The first kappa shape index (κ1) is 12.2. The Labute approximate surface area is 95.0 Å². The Morgan fingerprint density at radius 3 is 2.44 bits per heavy atom. The topological polar surface area (TPSA) is 58.2 Å². The zero-order chi connectivity index (χ0) is 12.0. The van der Waals surface area contributed by atoms with Gasteiger partial charge in [-0.15, -0.1) is 0 Å². The van der Waals surface area contributed by atoms with Crippen LogP contribution >= 0.6 is 0 Å². The van der Waals surface area contributed by atoms with Crippen molar-refractivity contribution in [2.45, 2.75) is 26.3 Å². The molecule has 2 N–H and O–H groups in total. The first-order valence-electron chi connectivity index (χ1n) is 5.20. The van der Waals surface area contributed by atoms with Crippen LogP contribution in [0.4, 0.5) is 4.79 Å². The summed E-state index contributed by atoms with van der Waals surface area (Å²) in [7, 11) is 0. The molecule has 0 aromatic heterocycles. The Kier molecular flexibility index (Phi) is 4.51. The Morgan fingerprint density at radius 2 is 1.88 bits per heavy atom. The molecule has 0 aliphatic rings. The van der Waals surface area contributed by atoms with E-state index in [0.29, 0.717) is 0 Å². The lowest BCUT2D eigenvalue weighted by Gasteiger charge is -2.13. The summed E-state index contributed by atoms with van der Waals surface area (Å²) < 4.78 is 0. The second-order valence-corrected chi connectivity index (χ2v) is 3.75. The van der Waals surface area contributed by atoms with Crippen molar-refractivity contribution in [1.29, 1.82) is 0 Å². The number of carbonyl (C=O) groups is 2. The lowest BCUT2D eigenvalue weighted by molar-refractivity contribution is -0.117. The predicted octanol–water partition coefficient (Wildman–Crippen LogP) is 1.46. The largest absolute Gasteiger partial charge is 0.335 e. The zero-order valence-electron chi connectivity index (χ0n) is 9.49. The van der Waals surface area contributed by atoms with Gasteiger partial charge in [0.1, 0.15) is 0 Å². The quantitative estimate of drug-likeness (QED) is 0.810. The number of benzene rings is 1. The Morgan fingerprint density at radius 1 is 1.25 bits per heavy atom. The van der Waals surface area contributed by atoms with Crippen molar-refractivity contribution in [3.8, 4) is 0 Å². The van der Waals surface area contributed by atoms with Crippen LogP contribution in [0.3, 0.4) is 0 Å². The van der Waals surface area contributed by atoms with Crippen LogP contribution in [0.25, 0.3) is 0 Å². The van der Waals surface area contributed by atoms with Crippen LogP contribution in [0, 0.1) is 0 Å². The maximum Gasteiger partial charge on any atom is 0.321 e. The molecule has 3 amide bonds. The molecule has 0 heterocycles. The van der Waals surface area contributed by atoms with Gasteiger partial charge in [-0.25, -0.2) is 4.79 Å². The number of nitrogens with one attached hydrogen (secondary N) is 2. The van der Waals surface area contributed by atoms with Crippen LogP contribution in [0.5, 0.6) is 0 Å². The fourth-order valence-electron chi connectivity index (χ4n) is 1.44. The molecular formula is C12H16N2O2. The van der Waals surface area contributed by atoms with E-state index < -0.39 is 6.03 Å². The minimum Gasteiger partial charge on any atom is -0.335 e. The van der Waals surface area contributed by atoms with E-state index in [-0.39, 0.29) is 11.9 Å². The smallest absolute Gasteiger partial charge is 0.321 e. The summed E-state index contributed by atoms with van der Waals surface area (Å²) in [6, 6.07) is 9.40. The van der Waals surface area contributed by atoms with E-state index in [4.69, 9.17) is 0 Å². The molecule has 0 fully saturated rings. The van der Waals surface area contributed by atoms with E-state index in [0.717, 1.165) is 12.0 Å². The number of carbonyl (C=O) groups excluding carboxylic acids is 2. The van der Waals surface area contributed by atoms with Gasteiger partial charge in [-0.3, -0.25) is 10.1 Å². The lowest BCUT2D eigenvalue weighted by atomic mass is 10.1. The van der Waals surface area contributed by atoms with E-state index in [2.05, 4.69) is 10.6 Å². The number of hydrogen-bond acceptors (Lipinski definition) is 2. The number of amides is 3. The van der Waals surface area contributed by atoms with E-state index in [1.54, 1.807) is 0 Å². The van der Waals surface area contributed by atoms with Crippen molar-refractivity contribution in [1.82, 2.24) is 10.6 Å². The molecule has 0 aliphatic carbocycles. The summed E-state index contributed by atoms with van der Waals surface area (Å²) in [6.07, 6.45) is 0.742. The lowest BCUT2D eigenvalue weighted by Crippen LogP contribution is -2.43. The van der Waals surface area contributed by atoms with E-state index >= 15 is 0 Å². The molecule has 1 aromatic carbocycles. The van der Waals surface area contributed by atoms with Crippen molar-refractivity contribution in [2.75, 3.05) is 0 Å². The number of urea groups is 1. The van der Waals surface area contributed by atoms with Crippen LogP contribution in [-0.4, -0.2) is 18.0 Å². The van der Waals surface area contributed by atoms with Crippen LogP contribution in [0.1, 0.15) is 19.4 Å². The molecule has 1 aromatic rings. The first-order chi connectivity index (χ1) is 7.58. The second kappa shape index (κ2) is 5.90. The van der Waals surface area contributed by atoms with Crippen LogP contribution in [0.15, 0.2) is 30.3 Å². The SMILES string of the molecule is CC(=O)NC(=O)N[C@@H](C)Cc1ccccc1. The molecule has 1 atom stereocenters. The van der Waals surface area contributed by atoms with Crippen LogP contribution < -0.4 is 10.6 Å². The Balaban J connectivity index is 2.39.